The Labute approximate surface area is 149 Å². The minimum atomic E-state index is -0.0460. The molecule has 1 N–H and O–H groups in total. The van der Waals surface area contributed by atoms with Gasteiger partial charge in [-0.05, 0) is 41.8 Å². The molecule has 0 bridgehead atoms. The average Bonchev–Trinajstić information content (AvgIpc) is 3.04. The highest BCUT2D eigenvalue weighted by Gasteiger charge is 2.13. The molecule has 0 radical (unpaired) electrons. The SMILES string of the molecule is ClC1=CC(Cl)CC(c2ccc(OCCNc3nccs3)cc2)=C1. The van der Waals surface area contributed by atoms with Crippen molar-refractivity contribution in [2.24, 2.45) is 0 Å². The fourth-order valence-electron chi connectivity index (χ4n) is 2.32. The lowest BCUT2D eigenvalue weighted by atomic mass is 9.97. The monoisotopic (exact) mass is 366 g/mol. The number of hydrogen-bond acceptors (Lipinski definition) is 4. The number of thiazole rings is 1. The van der Waals surface area contributed by atoms with Crippen molar-refractivity contribution in [1.82, 2.24) is 4.98 Å². The first kappa shape index (κ1) is 16.4. The molecule has 3 rings (SSSR count). The molecule has 0 saturated carbocycles. The molecule has 1 unspecified atom stereocenters. The zero-order valence-electron chi connectivity index (χ0n) is 12.3. The van der Waals surface area contributed by atoms with Crippen molar-refractivity contribution in [2.75, 3.05) is 18.5 Å². The number of anilines is 1. The fourth-order valence-corrected chi connectivity index (χ4v) is 3.53. The molecule has 1 aliphatic carbocycles. The highest BCUT2D eigenvalue weighted by molar-refractivity contribution is 7.13. The van der Waals surface area contributed by atoms with E-state index in [0.29, 0.717) is 11.6 Å². The van der Waals surface area contributed by atoms with E-state index in [0.717, 1.165) is 35.0 Å². The second-order valence-corrected chi connectivity index (χ2v) is 6.97. The molecule has 2 aromatic rings. The largest absolute Gasteiger partial charge is 0.492 e. The maximum absolute atomic E-state index is 6.18. The van der Waals surface area contributed by atoms with Crippen LogP contribution >= 0.6 is 34.5 Å². The van der Waals surface area contributed by atoms with Crippen LogP contribution in [0.25, 0.3) is 5.57 Å². The molecule has 0 spiro atoms. The third-order valence-corrected chi connectivity index (χ3v) is 4.62. The van der Waals surface area contributed by atoms with Gasteiger partial charge in [-0.3, -0.25) is 0 Å². The van der Waals surface area contributed by atoms with E-state index in [1.165, 1.54) is 0 Å². The molecule has 1 aromatic carbocycles. The topological polar surface area (TPSA) is 34.1 Å². The number of rotatable bonds is 6. The summed E-state index contributed by atoms with van der Waals surface area (Å²) in [4.78, 5) is 4.16. The molecule has 0 fully saturated rings. The maximum atomic E-state index is 6.18. The van der Waals surface area contributed by atoms with Crippen LogP contribution in [0.5, 0.6) is 5.75 Å². The second kappa shape index (κ2) is 7.86. The first-order valence-electron chi connectivity index (χ1n) is 7.29. The van der Waals surface area contributed by atoms with Gasteiger partial charge in [-0.15, -0.1) is 22.9 Å². The third kappa shape index (κ3) is 4.74. The van der Waals surface area contributed by atoms with E-state index >= 15 is 0 Å². The summed E-state index contributed by atoms with van der Waals surface area (Å²) in [6.45, 7) is 1.30. The number of ether oxygens (including phenoxy) is 1. The van der Waals surface area contributed by atoms with Crippen molar-refractivity contribution < 1.29 is 4.74 Å². The predicted molar refractivity (Wildman–Crippen MR) is 98.7 cm³/mol. The molecular weight excluding hydrogens is 351 g/mol. The fraction of sp³-hybridized carbons (Fsp3) is 0.235. The van der Waals surface area contributed by atoms with Gasteiger partial charge >= 0.3 is 0 Å². The molecule has 120 valence electrons. The third-order valence-electron chi connectivity index (χ3n) is 3.37. The van der Waals surface area contributed by atoms with Crippen LogP contribution < -0.4 is 10.1 Å². The van der Waals surface area contributed by atoms with Gasteiger partial charge in [-0.25, -0.2) is 4.98 Å². The van der Waals surface area contributed by atoms with E-state index < -0.39 is 0 Å². The van der Waals surface area contributed by atoms with E-state index in [-0.39, 0.29) is 5.38 Å². The Kier molecular flexibility index (Phi) is 5.60. The summed E-state index contributed by atoms with van der Waals surface area (Å²) in [6, 6.07) is 8.01. The first-order chi connectivity index (χ1) is 11.2. The van der Waals surface area contributed by atoms with E-state index in [1.54, 1.807) is 17.5 Å². The van der Waals surface area contributed by atoms with Gasteiger partial charge in [0.2, 0.25) is 0 Å². The molecule has 1 aliphatic rings. The van der Waals surface area contributed by atoms with Crippen LogP contribution in [0.4, 0.5) is 5.13 Å². The van der Waals surface area contributed by atoms with Crippen LogP contribution in [0.3, 0.4) is 0 Å². The minimum Gasteiger partial charge on any atom is -0.492 e. The quantitative estimate of drug-likeness (QED) is 0.566. The Morgan fingerprint density at radius 2 is 2.13 bits per heavy atom. The molecule has 3 nitrogen and oxygen atoms in total. The van der Waals surface area contributed by atoms with Crippen molar-refractivity contribution in [2.45, 2.75) is 11.8 Å². The zero-order chi connectivity index (χ0) is 16.1. The number of halogens is 2. The summed E-state index contributed by atoms with van der Waals surface area (Å²) in [7, 11) is 0. The van der Waals surface area contributed by atoms with E-state index in [4.69, 9.17) is 27.9 Å². The number of nitrogens with one attached hydrogen (secondary N) is 1. The van der Waals surface area contributed by atoms with Crippen LogP contribution in [-0.2, 0) is 0 Å². The molecule has 1 heterocycles. The average molecular weight is 367 g/mol. The van der Waals surface area contributed by atoms with E-state index in [2.05, 4.69) is 10.3 Å². The van der Waals surface area contributed by atoms with Crippen LogP contribution in [0.15, 0.2) is 53.0 Å². The molecule has 1 aromatic heterocycles. The zero-order valence-corrected chi connectivity index (χ0v) is 14.7. The van der Waals surface area contributed by atoms with Gasteiger partial charge in [0.15, 0.2) is 5.13 Å². The Balaban J connectivity index is 1.52. The number of aromatic nitrogens is 1. The standard InChI is InChI=1S/C17H16Cl2N2OS/c18-14-9-13(10-15(19)11-14)12-1-3-16(4-2-12)22-7-5-20-17-21-6-8-23-17/h1-4,6,8-9,11,15H,5,7,10H2,(H,20,21). The number of hydrogen-bond donors (Lipinski definition) is 1. The summed E-state index contributed by atoms with van der Waals surface area (Å²) in [5.41, 5.74) is 2.27. The highest BCUT2D eigenvalue weighted by atomic mass is 35.5. The number of allylic oxidation sites excluding steroid dienone is 4. The van der Waals surface area contributed by atoms with E-state index in [1.807, 2.05) is 41.8 Å². The molecule has 0 amide bonds. The van der Waals surface area contributed by atoms with Crippen LogP contribution in [0.2, 0.25) is 0 Å². The van der Waals surface area contributed by atoms with Gasteiger partial charge in [0.05, 0.1) is 11.9 Å². The summed E-state index contributed by atoms with van der Waals surface area (Å²) >= 11 is 13.8. The number of nitrogens with zero attached hydrogens (tertiary/aromatic N) is 1. The molecule has 6 heteroatoms. The highest BCUT2D eigenvalue weighted by Crippen LogP contribution is 2.31. The van der Waals surface area contributed by atoms with Gasteiger partial charge in [-0.2, -0.15) is 0 Å². The van der Waals surface area contributed by atoms with Crippen molar-refractivity contribution in [3.8, 4) is 5.75 Å². The first-order valence-corrected chi connectivity index (χ1v) is 8.99. The van der Waals surface area contributed by atoms with Crippen LogP contribution in [0.1, 0.15) is 12.0 Å². The molecular formula is C17H16Cl2N2OS. The lowest BCUT2D eigenvalue weighted by Gasteiger charge is -2.15. The summed E-state index contributed by atoms with van der Waals surface area (Å²) in [5, 5.41) is 6.70. The Morgan fingerprint density at radius 3 is 2.83 bits per heavy atom. The molecule has 23 heavy (non-hydrogen) atoms. The van der Waals surface area contributed by atoms with Gasteiger partial charge in [0.1, 0.15) is 12.4 Å². The van der Waals surface area contributed by atoms with Gasteiger partial charge in [0.25, 0.3) is 0 Å². The Bertz CT molecular complexity index is 696. The maximum Gasteiger partial charge on any atom is 0.182 e. The molecule has 0 saturated heterocycles. The van der Waals surface area contributed by atoms with Crippen molar-refractivity contribution in [1.29, 1.82) is 0 Å². The van der Waals surface area contributed by atoms with E-state index in [9.17, 15) is 0 Å². The lowest BCUT2D eigenvalue weighted by molar-refractivity contribution is 0.333. The molecule has 0 aliphatic heterocycles. The number of benzene rings is 1. The predicted octanol–water partition coefficient (Wildman–Crippen LogP) is 5.15. The van der Waals surface area contributed by atoms with Gasteiger partial charge in [0, 0.05) is 16.6 Å². The van der Waals surface area contributed by atoms with Crippen molar-refractivity contribution >= 4 is 45.2 Å². The van der Waals surface area contributed by atoms with Crippen LogP contribution in [-0.4, -0.2) is 23.5 Å². The Morgan fingerprint density at radius 1 is 1.30 bits per heavy atom. The summed E-state index contributed by atoms with van der Waals surface area (Å²) in [5.74, 6) is 0.843. The summed E-state index contributed by atoms with van der Waals surface area (Å²) < 4.78 is 5.72. The van der Waals surface area contributed by atoms with Crippen molar-refractivity contribution in [3.05, 3.63) is 58.6 Å². The molecule has 1 atom stereocenters. The normalized spacial score (nSPS) is 17.4. The van der Waals surface area contributed by atoms with Gasteiger partial charge in [-0.1, -0.05) is 23.7 Å². The van der Waals surface area contributed by atoms with Gasteiger partial charge < -0.3 is 10.1 Å². The lowest BCUT2D eigenvalue weighted by Crippen LogP contribution is -2.11. The van der Waals surface area contributed by atoms with Crippen molar-refractivity contribution in [3.63, 3.8) is 0 Å². The smallest absolute Gasteiger partial charge is 0.182 e. The minimum absolute atomic E-state index is 0.0460. The second-order valence-electron chi connectivity index (χ2n) is 5.08. The van der Waals surface area contributed by atoms with Crippen LogP contribution in [0, 0.1) is 0 Å². The Hall–Kier alpha value is -1.49. The number of alkyl halides is 1. The summed E-state index contributed by atoms with van der Waals surface area (Å²) in [6.07, 6.45) is 6.39.